The van der Waals surface area contributed by atoms with Crippen LogP contribution < -0.4 is 0 Å². The van der Waals surface area contributed by atoms with E-state index in [1.807, 2.05) is 6.20 Å². The third-order valence-electron chi connectivity index (χ3n) is 5.09. The van der Waals surface area contributed by atoms with E-state index in [4.69, 9.17) is 0 Å². The summed E-state index contributed by atoms with van der Waals surface area (Å²) in [5, 5.41) is 12.1. The van der Waals surface area contributed by atoms with Gasteiger partial charge in [-0.3, -0.25) is 4.90 Å². The van der Waals surface area contributed by atoms with E-state index in [2.05, 4.69) is 48.4 Å². The molecule has 2 saturated heterocycles. The Bertz CT molecular complexity index is 616. The Labute approximate surface area is 141 Å². The summed E-state index contributed by atoms with van der Waals surface area (Å²) in [6.45, 7) is 4.32. The Morgan fingerprint density at radius 3 is 2.87 bits per heavy atom. The number of rotatable bonds is 4. The maximum absolute atomic E-state index is 4.51. The van der Waals surface area contributed by atoms with Crippen molar-refractivity contribution in [1.82, 2.24) is 29.8 Å². The molecule has 0 saturated carbocycles. The van der Waals surface area contributed by atoms with Crippen molar-refractivity contribution in [2.45, 2.75) is 44.3 Å². The molecular weight excluding hydrogens is 308 g/mol. The van der Waals surface area contributed by atoms with Gasteiger partial charge in [0.05, 0.1) is 24.0 Å². The normalized spacial score (nSPS) is 24.5. The highest BCUT2D eigenvalue weighted by Crippen LogP contribution is 2.34. The summed E-state index contributed by atoms with van der Waals surface area (Å²) in [4.78, 5) is 9.39. The maximum Gasteiger partial charge on any atom is 0.110 e. The second-order valence-corrected chi connectivity index (χ2v) is 7.65. The first-order chi connectivity index (χ1) is 11.3. The van der Waals surface area contributed by atoms with E-state index in [0.29, 0.717) is 12.1 Å². The van der Waals surface area contributed by atoms with Crippen LogP contribution in [0.25, 0.3) is 0 Å². The molecule has 0 radical (unpaired) electrons. The molecule has 0 amide bonds. The van der Waals surface area contributed by atoms with Gasteiger partial charge in [-0.2, -0.15) is 0 Å². The average Bonchev–Trinajstić information content (AvgIpc) is 3.29. The number of likely N-dealkylation sites (tertiary alicyclic amines) is 2. The van der Waals surface area contributed by atoms with Crippen LogP contribution in [-0.2, 0) is 6.54 Å². The van der Waals surface area contributed by atoms with E-state index >= 15 is 0 Å². The van der Waals surface area contributed by atoms with Crippen LogP contribution in [0.15, 0.2) is 17.8 Å². The molecule has 4 heterocycles. The molecule has 1 atom stereocenters. The Morgan fingerprint density at radius 2 is 2.09 bits per heavy atom. The zero-order chi connectivity index (χ0) is 15.6. The van der Waals surface area contributed by atoms with Crippen molar-refractivity contribution in [2.24, 2.45) is 0 Å². The first-order valence-electron chi connectivity index (χ1n) is 8.52. The lowest BCUT2D eigenvalue weighted by Crippen LogP contribution is -2.31. The predicted octanol–water partition coefficient (Wildman–Crippen LogP) is 2.34. The molecule has 0 N–H and O–H groups in total. The predicted molar refractivity (Wildman–Crippen MR) is 90.3 cm³/mol. The molecule has 6 nitrogen and oxygen atoms in total. The first-order valence-corrected chi connectivity index (χ1v) is 9.40. The lowest BCUT2D eigenvalue weighted by atomic mass is 10.1. The fourth-order valence-electron chi connectivity index (χ4n) is 3.73. The Kier molecular flexibility index (Phi) is 4.41. The summed E-state index contributed by atoms with van der Waals surface area (Å²) < 4.78 is 2.09. The molecule has 124 valence electrons. The van der Waals surface area contributed by atoms with Crippen LogP contribution in [0.1, 0.15) is 48.5 Å². The van der Waals surface area contributed by atoms with Crippen molar-refractivity contribution in [3.63, 3.8) is 0 Å². The highest BCUT2D eigenvalue weighted by molar-refractivity contribution is 7.09. The van der Waals surface area contributed by atoms with E-state index in [0.717, 1.165) is 31.9 Å². The van der Waals surface area contributed by atoms with Gasteiger partial charge in [-0.15, -0.1) is 16.4 Å². The van der Waals surface area contributed by atoms with Crippen LogP contribution in [-0.4, -0.2) is 56.5 Å². The van der Waals surface area contributed by atoms with Gasteiger partial charge in [0.15, 0.2) is 0 Å². The SMILES string of the molecule is CN1CCC(n2cc(CN3CCCC3c3nccs3)nn2)CC1. The number of aromatic nitrogens is 4. The van der Waals surface area contributed by atoms with Gasteiger partial charge >= 0.3 is 0 Å². The minimum atomic E-state index is 0.462. The highest BCUT2D eigenvalue weighted by Gasteiger charge is 2.28. The molecule has 7 heteroatoms. The van der Waals surface area contributed by atoms with Gasteiger partial charge in [0.2, 0.25) is 0 Å². The molecule has 1 unspecified atom stereocenters. The standard InChI is InChI=1S/C16H24N6S/c1-20-8-4-14(5-9-20)22-12-13(18-19-22)11-21-7-2-3-15(21)16-17-6-10-23-16/h6,10,12,14-15H,2-5,7-9,11H2,1H3. The second-order valence-electron chi connectivity index (χ2n) is 6.72. The van der Waals surface area contributed by atoms with Crippen molar-refractivity contribution >= 4 is 11.3 Å². The molecular formula is C16H24N6S. The molecule has 0 aliphatic carbocycles. The largest absolute Gasteiger partial charge is 0.306 e. The number of piperidine rings is 1. The number of thiazole rings is 1. The average molecular weight is 332 g/mol. The minimum absolute atomic E-state index is 0.462. The van der Waals surface area contributed by atoms with Crippen LogP contribution in [0.5, 0.6) is 0 Å². The van der Waals surface area contributed by atoms with E-state index in [-0.39, 0.29) is 0 Å². The Hall–Kier alpha value is -1.31. The lowest BCUT2D eigenvalue weighted by molar-refractivity contribution is 0.210. The van der Waals surface area contributed by atoms with Crippen LogP contribution in [0.3, 0.4) is 0 Å². The summed E-state index contributed by atoms with van der Waals surface area (Å²) in [6, 6.07) is 0.976. The van der Waals surface area contributed by atoms with Gasteiger partial charge in [0.25, 0.3) is 0 Å². The third kappa shape index (κ3) is 3.32. The maximum atomic E-state index is 4.51. The summed E-state index contributed by atoms with van der Waals surface area (Å²) in [6.07, 6.45) is 8.86. The van der Waals surface area contributed by atoms with Crippen LogP contribution in [0, 0.1) is 0 Å². The van der Waals surface area contributed by atoms with E-state index in [9.17, 15) is 0 Å². The first kappa shape index (κ1) is 15.2. The van der Waals surface area contributed by atoms with Gasteiger partial charge < -0.3 is 4.90 Å². The quantitative estimate of drug-likeness (QED) is 0.860. The molecule has 23 heavy (non-hydrogen) atoms. The van der Waals surface area contributed by atoms with Crippen LogP contribution >= 0.6 is 11.3 Å². The molecule has 0 spiro atoms. The van der Waals surface area contributed by atoms with Crippen molar-refractivity contribution in [1.29, 1.82) is 0 Å². The third-order valence-corrected chi connectivity index (χ3v) is 5.96. The molecule has 2 aliphatic rings. The number of nitrogens with zero attached hydrogens (tertiary/aromatic N) is 6. The molecule has 2 aromatic heterocycles. The molecule has 2 aliphatic heterocycles. The molecule has 2 aromatic rings. The fraction of sp³-hybridized carbons (Fsp3) is 0.688. The zero-order valence-electron chi connectivity index (χ0n) is 13.6. The van der Waals surface area contributed by atoms with Crippen molar-refractivity contribution in [2.75, 3.05) is 26.7 Å². The van der Waals surface area contributed by atoms with Crippen LogP contribution in [0.4, 0.5) is 0 Å². The van der Waals surface area contributed by atoms with E-state index < -0.39 is 0 Å². The van der Waals surface area contributed by atoms with E-state index in [1.165, 1.54) is 30.7 Å². The van der Waals surface area contributed by atoms with Gasteiger partial charge in [0, 0.05) is 18.1 Å². The van der Waals surface area contributed by atoms with Crippen LogP contribution in [0.2, 0.25) is 0 Å². The van der Waals surface area contributed by atoms with E-state index in [1.54, 1.807) is 11.3 Å². The second kappa shape index (κ2) is 6.67. The number of hydrogen-bond acceptors (Lipinski definition) is 6. The number of hydrogen-bond donors (Lipinski definition) is 0. The monoisotopic (exact) mass is 332 g/mol. The van der Waals surface area contributed by atoms with Gasteiger partial charge in [-0.1, -0.05) is 5.21 Å². The van der Waals surface area contributed by atoms with Gasteiger partial charge in [-0.05, 0) is 52.4 Å². The Balaban J connectivity index is 1.41. The summed E-state index contributed by atoms with van der Waals surface area (Å²) in [5.41, 5.74) is 1.09. The summed E-state index contributed by atoms with van der Waals surface area (Å²) in [7, 11) is 2.19. The minimum Gasteiger partial charge on any atom is -0.306 e. The van der Waals surface area contributed by atoms with Crippen molar-refractivity contribution in [3.8, 4) is 0 Å². The van der Waals surface area contributed by atoms with Crippen molar-refractivity contribution < 1.29 is 0 Å². The molecule has 0 bridgehead atoms. The lowest BCUT2D eigenvalue weighted by Gasteiger charge is -2.28. The fourth-order valence-corrected chi connectivity index (χ4v) is 4.53. The smallest absolute Gasteiger partial charge is 0.110 e. The zero-order valence-corrected chi connectivity index (χ0v) is 14.5. The highest BCUT2D eigenvalue weighted by atomic mass is 32.1. The molecule has 2 fully saturated rings. The molecule has 0 aromatic carbocycles. The van der Waals surface area contributed by atoms with Gasteiger partial charge in [0.1, 0.15) is 5.01 Å². The van der Waals surface area contributed by atoms with Crippen molar-refractivity contribution in [3.05, 3.63) is 28.5 Å². The summed E-state index contributed by atoms with van der Waals surface area (Å²) in [5.74, 6) is 0. The Morgan fingerprint density at radius 1 is 1.22 bits per heavy atom. The topological polar surface area (TPSA) is 50.1 Å². The van der Waals surface area contributed by atoms with Gasteiger partial charge in [-0.25, -0.2) is 9.67 Å². The summed E-state index contributed by atoms with van der Waals surface area (Å²) >= 11 is 1.76. The molecule has 4 rings (SSSR count).